The Kier molecular flexibility index (Phi) is 2.99. The molecule has 4 nitrogen and oxygen atoms in total. The highest BCUT2D eigenvalue weighted by Crippen LogP contribution is 2.55. The van der Waals surface area contributed by atoms with Gasteiger partial charge in [0.25, 0.3) is 0 Å². The molecule has 0 unspecified atom stereocenters. The molecule has 4 aliphatic carbocycles. The maximum Gasteiger partial charge on any atom is 0.426 e. The van der Waals surface area contributed by atoms with E-state index in [2.05, 4.69) is 17.4 Å². The van der Waals surface area contributed by atoms with Crippen molar-refractivity contribution in [2.24, 2.45) is 17.8 Å². The molecular formula is C19H24N2O2. The second-order valence-electron chi connectivity index (χ2n) is 8.27. The third-order valence-corrected chi connectivity index (χ3v) is 6.43. The Morgan fingerprint density at radius 3 is 2.04 bits per heavy atom. The van der Waals surface area contributed by atoms with Gasteiger partial charge in [-0.3, -0.25) is 0 Å². The van der Waals surface area contributed by atoms with E-state index in [1.165, 1.54) is 30.4 Å². The third kappa shape index (κ3) is 2.44. The summed E-state index contributed by atoms with van der Waals surface area (Å²) >= 11 is 0. The zero-order valence-electron chi connectivity index (χ0n) is 13.5. The number of amides is 1. The number of carbonyl (C=O) groups is 1. The SMILES string of the molecule is O=C(NC12CC3CC(CC(C3)C1)C2)ON1Cc2ccccc2C1. The maximum atomic E-state index is 12.5. The van der Waals surface area contributed by atoms with Crippen LogP contribution in [-0.4, -0.2) is 16.7 Å². The molecular weight excluding hydrogens is 288 g/mol. The van der Waals surface area contributed by atoms with Crippen molar-refractivity contribution < 1.29 is 9.63 Å². The molecule has 4 bridgehead atoms. The van der Waals surface area contributed by atoms with Crippen LogP contribution < -0.4 is 5.32 Å². The molecule has 4 fully saturated rings. The number of hydroxylamine groups is 2. The van der Waals surface area contributed by atoms with Crippen molar-refractivity contribution in [3.63, 3.8) is 0 Å². The number of nitrogens with one attached hydrogen (secondary N) is 1. The van der Waals surface area contributed by atoms with Gasteiger partial charge in [-0.05, 0) is 67.4 Å². The normalized spacial score (nSPS) is 37.7. The average Bonchev–Trinajstić information content (AvgIpc) is 2.86. The van der Waals surface area contributed by atoms with E-state index in [9.17, 15) is 4.79 Å². The van der Waals surface area contributed by atoms with E-state index in [1.54, 1.807) is 5.06 Å². The molecule has 1 aliphatic heterocycles. The Bertz CT molecular complexity index is 582. The summed E-state index contributed by atoms with van der Waals surface area (Å²) in [6.45, 7) is 1.40. The molecule has 1 aromatic carbocycles. The van der Waals surface area contributed by atoms with Gasteiger partial charge in [0.1, 0.15) is 0 Å². The molecule has 4 saturated carbocycles. The highest BCUT2D eigenvalue weighted by molar-refractivity contribution is 5.68. The van der Waals surface area contributed by atoms with E-state index < -0.39 is 0 Å². The summed E-state index contributed by atoms with van der Waals surface area (Å²) in [6.07, 6.45) is 7.39. The first-order chi connectivity index (χ1) is 11.2. The Hall–Kier alpha value is -1.55. The van der Waals surface area contributed by atoms with Crippen LogP contribution in [0.2, 0.25) is 0 Å². The second-order valence-corrected chi connectivity index (χ2v) is 8.27. The maximum absolute atomic E-state index is 12.5. The Morgan fingerprint density at radius 2 is 1.52 bits per heavy atom. The molecule has 0 radical (unpaired) electrons. The quantitative estimate of drug-likeness (QED) is 0.907. The van der Waals surface area contributed by atoms with Crippen LogP contribution in [-0.2, 0) is 17.9 Å². The predicted octanol–water partition coefficient (Wildman–Crippen LogP) is 3.61. The summed E-state index contributed by atoms with van der Waals surface area (Å²) in [4.78, 5) is 18.1. The number of fused-ring (bicyclic) bond motifs is 1. The van der Waals surface area contributed by atoms with Gasteiger partial charge in [0.2, 0.25) is 0 Å². The number of carbonyl (C=O) groups excluding carboxylic acids is 1. The number of hydrogen-bond donors (Lipinski definition) is 1. The number of nitrogens with zero attached hydrogens (tertiary/aromatic N) is 1. The summed E-state index contributed by atoms with van der Waals surface area (Å²) in [5.74, 6) is 2.49. The van der Waals surface area contributed by atoms with Crippen LogP contribution in [0.3, 0.4) is 0 Å². The molecule has 4 heteroatoms. The summed E-state index contributed by atoms with van der Waals surface area (Å²) in [5.41, 5.74) is 2.54. The minimum atomic E-state index is -0.250. The van der Waals surface area contributed by atoms with Crippen LogP contribution in [0.15, 0.2) is 24.3 Å². The monoisotopic (exact) mass is 312 g/mol. The van der Waals surface area contributed by atoms with E-state index in [1.807, 2.05) is 12.1 Å². The second kappa shape index (κ2) is 4.97. The Balaban J connectivity index is 1.23. The number of benzene rings is 1. The van der Waals surface area contributed by atoms with Crippen LogP contribution in [0.4, 0.5) is 4.79 Å². The lowest BCUT2D eigenvalue weighted by Crippen LogP contribution is -2.60. The summed E-state index contributed by atoms with van der Waals surface area (Å²) in [6, 6.07) is 8.29. The lowest BCUT2D eigenvalue weighted by atomic mass is 9.53. The van der Waals surface area contributed by atoms with Gasteiger partial charge in [-0.15, -0.1) is 5.06 Å². The lowest BCUT2D eigenvalue weighted by molar-refractivity contribution is -0.113. The average molecular weight is 312 g/mol. The fourth-order valence-electron chi connectivity index (χ4n) is 5.99. The highest BCUT2D eigenvalue weighted by atomic mass is 16.7. The Morgan fingerprint density at radius 1 is 1.00 bits per heavy atom. The summed E-state index contributed by atoms with van der Waals surface area (Å²) < 4.78 is 0. The smallest absolute Gasteiger partial charge is 0.350 e. The Labute approximate surface area is 137 Å². The molecule has 23 heavy (non-hydrogen) atoms. The molecule has 6 rings (SSSR count). The predicted molar refractivity (Wildman–Crippen MR) is 86.2 cm³/mol. The molecule has 1 aromatic rings. The topological polar surface area (TPSA) is 41.6 Å². The lowest BCUT2D eigenvalue weighted by Gasteiger charge is -2.56. The van der Waals surface area contributed by atoms with Crippen molar-refractivity contribution >= 4 is 6.09 Å². The third-order valence-electron chi connectivity index (χ3n) is 6.43. The van der Waals surface area contributed by atoms with Crippen molar-refractivity contribution in [3.8, 4) is 0 Å². The van der Waals surface area contributed by atoms with Crippen molar-refractivity contribution in [1.82, 2.24) is 10.4 Å². The van der Waals surface area contributed by atoms with E-state index in [0.29, 0.717) is 13.1 Å². The first kappa shape index (κ1) is 13.8. The molecule has 0 saturated heterocycles. The van der Waals surface area contributed by atoms with Gasteiger partial charge in [-0.1, -0.05) is 24.3 Å². The molecule has 0 atom stereocenters. The van der Waals surface area contributed by atoms with Crippen LogP contribution >= 0.6 is 0 Å². The van der Waals surface area contributed by atoms with E-state index >= 15 is 0 Å². The first-order valence-corrected chi connectivity index (χ1v) is 8.99. The fourth-order valence-corrected chi connectivity index (χ4v) is 5.99. The van der Waals surface area contributed by atoms with Crippen LogP contribution in [0.1, 0.15) is 49.7 Å². The summed E-state index contributed by atoms with van der Waals surface area (Å²) in [7, 11) is 0. The van der Waals surface area contributed by atoms with Gasteiger partial charge in [0.05, 0.1) is 13.1 Å². The van der Waals surface area contributed by atoms with Gasteiger partial charge in [-0.2, -0.15) is 0 Å². The number of rotatable bonds is 2. The first-order valence-electron chi connectivity index (χ1n) is 8.99. The molecule has 1 heterocycles. The van der Waals surface area contributed by atoms with Gasteiger partial charge >= 0.3 is 6.09 Å². The van der Waals surface area contributed by atoms with E-state index in [0.717, 1.165) is 37.0 Å². The molecule has 122 valence electrons. The van der Waals surface area contributed by atoms with E-state index in [-0.39, 0.29) is 11.6 Å². The van der Waals surface area contributed by atoms with Crippen LogP contribution in [0.5, 0.6) is 0 Å². The highest BCUT2D eigenvalue weighted by Gasteiger charge is 2.51. The van der Waals surface area contributed by atoms with Crippen LogP contribution in [0, 0.1) is 17.8 Å². The van der Waals surface area contributed by atoms with Gasteiger partial charge in [-0.25, -0.2) is 4.79 Å². The van der Waals surface area contributed by atoms with Crippen molar-refractivity contribution in [2.45, 2.75) is 57.2 Å². The molecule has 5 aliphatic rings. The fraction of sp³-hybridized carbons (Fsp3) is 0.632. The van der Waals surface area contributed by atoms with Gasteiger partial charge in [0, 0.05) is 5.54 Å². The van der Waals surface area contributed by atoms with Crippen molar-refractivity contribution in [1.29, 1.82) is 0 Å². The number of hydrogen-bond acceptors (Lipinski definition) is 3. The van der Waals surface area contributed by atoms with Crippen LogP contribution in [0.25, 0.3) is 0 Å². The van der Waals surface area contributed by atoms with Crippen molar-refractivity contribution in [3.05, 3.63) is 35.4 Å². The minimum absolute atomic E-state index is 0.0262. The molecule has 0 spiro atoms. The zero-order valence-corrected chi connectivity index (χ0v) is 13.5. The summed E-state index contributed by atoms with van der Waals surface area (Å²) in [5, 5.41) is 5.05. The standard InChI is InChI=1S/C19H24N2O2/c22-18(23-21-11-16-3-1-2-4-17(16)12-21)20-19-8-13-5-14(9-19)7-15(6-13)10-19/h1-4,13-15H,5-12H2,(H,20,22). The molecule has 1 amide bonds. The molecule has 1 N–H and O–H groups in total. The largest absolute Gasteiger partial charge is 0.426 e. The zero-order chi connectivity index (χ0) is 15.4. The van der Waals surface area contributed by atoms with E-state index in [4.69, 9.17) is 4.84 Å². The van der Waals surface area contributed by atoms with Crippen molar-refractivity contribution in [2.75, 3.05) is 0 Å². The molecule has 0 aromatic heterocycles. The van der Waals surface area contributed by atoms with Gasteiger partial charge < -0.3 is 10.2 Å². The minimum Gasteiger partial charge on any atom is -0.350 e. The van der Waals surface area contributed by atoms with Gasteiger partial charge in [0.15, 0.2) is 0 Å².